The normalized spacial score (nSPS) is 18.4. The van der Waals surface area contributed by atoms with Crippen LogP contribution in [0.2, 0.25) is 0 Å². The molecule has 0 bridgehead atoms. The summed E-state index contributed by atoms with van der Waals surface area (Å²) in [4.78, 5) is 19.6. The number of nitrogens with zero attached hydrogens (tertiary/aromatic N) is 2. The quantitative estimate of drug-likeness (QED) is 0.947. The van der Waals surface area contributed by atoms with E-state index in [9.17, 15) is 4.79 Å². The van der Waals surface area contributed by atoms with E-state index in [-0.39, 0.29) is 5.91 Å². The molecule has 2 N–H and O–H groups in total. The number of carbonyl (C=O) groups is 1. The molecule has 4 heteroatoms. The van der Waals surface area contributed by atoms with Gasteiger partial charge in [-0.15, -0.1) is 0 Å². The minimum Gasteiger partial charge on any atom is -0.338 e. The lowest BCUT2D eigenvalue weighted by Crippen LogP contribution is -2.30. The first-order chi connectivity index (χ1) is 10.6. The van der Waals surface area contributed by atoms with Crippen molar-refractivity contribution in [2.75, 3.05) is 19.6 Å². The van der Waals surface area contributed by atoms with Crippen molar-refractivity contribution in [3.05, 3.63) is 41.6 Å². The molecule has 2 heterocycles. The van der Waals surface area contributed by atoms with Crippen molar-refractivity contribution in [3.8, 4) is 0 Å². The molecule has 1 saturated heterocycles. The van der Waals surface area contributed by atoms with E-state index in [1.807, 2.05) is 35.2 Å². The molecule has 0 radical (unpaired) electrons. The van der Waals surface area contributed by atoms with Gasteiger partial charge in [-0.1, -0.05) is 32.0 Å². The van der Waals surface area contributed by atoms with E-state index in [2.05, 4.69) is 18.8 Å². The molecule has 22 heavy (non-hydrogen) atoms. The van der Waals surface area contributed by atoms with Gasteiger partial charge in [0.15, 0.2) is 0 Å². The second kappa shape index (κ2) is 6.05. The Hall–Kier alpha value is -1.94. The molecule has 116 valence electrons. The third-order valence-electron chi connectivity index (χ3n) is 4.46. The smallest absolute Gasteiger partial charge is 0.254 e. The molecule has 0 aliphatic carbocycles. The highest BCUT2D eigenvalue weighted by atomic mass is 16.2. The Bertz CT molecular complexity index is 696. The molecule has 1 amide bonds. The summed E-state index contributed by atoms with van der Waals surface area (Å²) in [5.41, 5.74) is 8.38. The monoisotopic (exact) mass is 297 g/mol. The Morgan fingerprint density at radius 1 is 1.41 bits per heavy atom. The molecule has 1 atom stereocenters. The van der Waals surface area contributed by atoms with Crippen LogP contribution in [0.25, 0.3) is 10.9 Å². The molecule has 0 spiro atoms. The molecule has 1 aromatic heterocycles. The number of likely N-dealkylation sites (tertiary alicyclic amines) is 1. The number of aromatic nitrogens is 1. The Kier molecular flexibility index (Phi) is 4.12. The number of pyridine rings is 1. The highest BCUT2D eigenvalue weighted by molar-refractivity contribution is 6.06. The first-order valence-corrected chi connectivity index (χ1v) is 7.99. The lowest BCUT2D eigenvalue weighted by atomic mass is 10.0. The van der Waals surface area contributed by atoms with Crippen molar-refractivity contribution in [1.82, 2.24) is 9.88 Å². The van der Waals surface area contributed by atoms with Crippen LogP contribution in [0.3, 0.4) is 0 Å². The van der Waals surface area contributed by atoms with Crippen molar-refractivity contribution < 1.29 is 4.79 Å². The number of hydrogen-bond acceptors (Lipinski definition) is 3. The summed E-state index contributed by atoms with van der Waals surface area (Å²) in [6, 6.07) is 9.85. The number of rotatable bonds is 3. The minimum absolute atomic E-state index is 0.108. The maximum absolute atomic E-state index is 13.0. The average molecular weight is 297 g/mol. The van der Waals surface area contributed by atoms with Crippen molar-refractivity contribution in [2.45, 2.75) is 26.2 Å². The zero-order valence-electron chi connectivity index (χ0n) is 13.2. The molecule has 0 unspecified atom stereocenters. The molecule has 4 nitrogen and oxygen atoms in total. The Balaban J connectivity index is 2.03. The second-order valence-electron chi connectivity index (χ2n) is 6.41. The van der Waals surface area contributed by atoms with Crippen molar-refractivity contribution in [2.24, 2.45) is 11.7 Å². The van der Waals surface area contributed by atoms with Crippen molar-refractivity contribution >= 4 is 16.8 Å². The number of para-hydroxylation sites is 1. The van der Waals surface area contributed by atoms with Crippen LogP contribution in [-0.2, 0) is 0 Å². The van der Waals surface area contributed by atoms with Gasteiger partial charge in [0.1, 0.15) is 0 Å². The van der Waals surface area contributed by atoms with E-state index in [0.29, 0.717) is 18.4 Å². The van der Waals surface area contributed by atoms with Crippen LogP contribution in [0.1, 0.15) is 42.2 Å². The van der Waals surface area contributed by atoms with Gasteiger partial charge in [-0.25, -0.2) is 0 Å². The Labute approximate surface area is 131 Å². The third kappa shape index (κ3) is 2.71. The molecule has 1 aliphatic rings. The minimum atomic E-state index is 0.108. The number of fused-ring (bicyclic) bond motifs is 1. The first kappa shape index (κ1) is 15.0. The number of hydrogen-bond donors (Lipinski definition) is 1. The fourth-order valence-corrected chi connectivity index (χ4v) is 3.05. The standard InChI is InChI=1S/C18H23N3O/c1-12(2)17-9-15(14-5-3-4-6-16(14)20-17)18(22)21-8-7-13(10-19)11-21/h3-6,9,12-13H,7-8,10-11,19H2,1-2H3/t13-/m1/s1. The van der Waals surface area contributed by atoms with Gasteiger partial charge in [-0.3, -0.25) is 9.78 Å². The summed E-state index contributed by atoms with van der Waals surface area (Å²) in [6.45, 7) is 6.42. The number of benzene rings is 1. The Morgan fingerprint density at radius 3 is 2.86 bits per heavy atom. The van der Waals surface area contributed by atoms with Crippen LogP contribution in [0.4, 0.5) is 0 Å². The molecule has 1 fully saturated rings. The van der Waals surface area contributed by atoms with Gasteiger partial charge in [0.25, 0.3) is 5.91 Å². The number of nitrogens with two attached hydrogens (primary N) is 1. The van der Waals surface area contributed by atoms with E-state index in [1.165, 1.54) is 0 Å². The van der Waals surface area contributed by atoms with Gasteiger partial charge in [0.05, 0.1) is 11.1 Å². The first-order valence-electron chi connectivity index (χ1n) is 7.99. The van der Waals surface area contributed by atoms with Crippen LogP contribution in [0.5, 0.6) is 0 Å². The highest BCUT2D eigenvalue weighted by Crippen LogP contribution is 2.25. The predicted molar refractivity (Wildman–Crippen MR) is 88.9 cm³/mol. The van der Waals surface area contributed by atoms with Crippen LogP contribution in [0, 0.1) is 5.92 Å². The lowest BCUT2D eigenvalue weighted by Gasteiger charge is -2.18. The molecule has 3 rings (SSSR count). The van der Waals surface area contributed by atoms with Gasteiger partial charge < -0.3 is 10.6 Å². The SMILES string of the molecule is CC(C)c1cc(C(=O)N2CC[C@H](CN)C2)c2ccccc2n1. The molecule has 1 aromatic carbocycles. The van der Waals surface area contributed by atoms with E-state index in [0.717, 1.165) is 41.7 Å². The van der Waals surface area contributed by atoms with Gasteiger partial charge in [-0.05, 0) is 36.9 Å². The zero-order chi connectivity index (χ0) is 15.7. The summed E-state index contributed by atoms with van der Waals surface area (Å²) in [5.74, 6) is 0.838. The predicted octanol–water partition coefficient (Wildman–Crippen LogP) is 2.78. The maximum atomic E-state index is 13.0. The van der Waals surface area contributed by atoms with Crippen molar-refractivity contribution in [3.63, 3.8) is 0 Å². The maximum Gasteiger partial charge on any atom is 0.254 e. The van der Waals surface area contributed by atoms with Crippen LogP contribution in [0.15, 0.2) is 30.3 Å². The second-order valence-corrected chi connectivity index (χ2v) is 6.41. The third-order valence-corrected chi connectivity index (χ3v) is 4.46. The van der Waals surface area contributed by atoms with Gasteiger partial charge in [-0.2, -0.15) is 0 Å². The van der Waals surface area contributed by atoms with Crippen LogP contribution < -0.4 is 5.73 Å². The van der Waals surface area contributed by atoms with E-state index in [4.69, 9.17) is 5.73 Å². The van der Waals surface area contributed by atoms with Crippen molar-refractivity contribution in [1.29, 1.82) is 0 Å². The fourth-order valence-electron chi connectivity index (χ4n) is 3.05. The van der Waals surface area contributed by atoms with Gasteiger partial charge >= 0.3 is 0 Å². The molecular formula is C18H23N3O. The highest BCUT2D eigenvalue weighted by Gasteiger charge is 2.27. The van der Waals surface area contributed by atoms with E-state index >= 15 is 0 Å². The van der Waals surface area contributed by atoms with Gasteiger partial charge in [0, 0.05) is 24.2 Å². The summed E-state index contributed by atoms with van der Waals surface area (Å²) >= 11 is 0. The number of carbonyl (C=O) groups excluding carboxylic acids is 1. The van der Waals surface area contributed by atoms with Crippen LogP contribution >= 0.6 is 0 Å². The van der Waals surface area contributed by atoms with E-state index < -0.39 is 0 Å². The Morgan fingerprint density at radius 2 is 2.18 bits per heavy atom. The average Bonchev–Trinajstić information content (AvgIpc) is 3.02. The number of amides is 1. The van der Waals surface area contributed by atoms with E-state index in [1.54, 1.807) is 0 Å². The summed E-state index contributed by atoms with van der Waals surface area (Å²) in [7, 11) is 0. The zero-order valence-corrected chi connectivity index (χ0v) is 13.2. The molecule has 1 aliphatic heterocycles. The molecule has 2 aromatic rings. The summed E-state index contributed by atoms with van der Waals surface area (Å²) < 4.78 is 0. The van der Waals surface area contributed by atoms with Crippen LogP contribution in [-0.4, -0.2) is 35.4 Å². The van der Waals surface area contributed by atoms with Gasteiger partial charge in [0.2, 0.25) is 0 Å². The summed E-state index contributed by atoms with van der Waals surface area (Å²) in [6.07, 6.45) is 1.00. The summed E-state index contributed by atoms with van der Waals surface area (Å²) in [5, 5.41) is 0.938. The molecular weight excluding hydrogens is 274 g/mol. The fraction of sp³-hybridized carbons (Fsp3) is 0.444. The topological polar surface area (TPSA) is 59.2 Å². The molecule has 0 saturated carbocycles. The largest absolute Gasteiger partial charge is 0.338 e. The lowest BCUT2D eigenvalue weighted by molar-refractivity contribution is 0.0789.